The number of carboxylic acid groups (broad SMARTS) is 1. The maximum Gasteiger partial charge on any atom is 0.340 e. The summed E-state index contributed by atoms with van der Waals surface area (Å²) < 4.78 is 4.92. The second kappa shape index (κ2) is 4.96. The number of halogens is 1. The van der Waals surface area contributed by atoms with Gasteiger partial charge in [-0.05, 0) is 22.0 Å². The van der Waals surface area contributed by atoms with Gasteiger partial charge in [0.05, 0.1) is 6.26 Å². The Hall–Kier alpha value is -0.770. The summed E-state index contributed by atoms with van der Waals surface area (Å²) in [5.41, 5.74) is 0.148. The van der Waals surface area contributed by atoms with E-state index in [1.807, 2.05) is 13.8 Å². The Morgan fingerprint density at radius 1 is 1.64 bits per heavy atom. The van der Waals surface area contributed by atoms with E-state index in [1.54, 1.807) is 0 Å². The maximum absolute atomic E-state index is 10.2. The highest BCUT2D eigenvalue weighted by molar-refractivity contribution is 9.10. The summed E-state index contributed by atoms with van der Waals surface area (Å²) in [6.07, 6.45) is 1.31. The first-order valence-electron chi connectivity index (χ1n) is 3.18. The van der Waals surface area contributed by atoms with Gasteiger partial charge in [0.25, 0.3) is 0 Å². The predicted molar refractivity (Wildman–Crippen MR) is 44.7 cm³/mol. The summed E-state index contributed by atoms with van der Waals surface area (Å²) in [5, 5.41) is 8.36. The van der Waals surface area contributed by atoms with Crippen LogP contribution in [0.5, 0.6) is 0 Å². The molecule has 0 radical (unpaired) electrons. The fraction of sp³-hybridized carbons (Fsp3) is 0.286. The highest BCUT2D eigenvalue weighted by Crippen LogP contribution is 2.16. The van der Waals surface area contributed by atoms with Gasteiger partial charge in [-0.25, -0.2) is 4.79 Å². The Morgan fingerprint density at radius 2 is 2.18 bits per heavy atom. The minimum absolute atomic E-state index is 0.148. The molecule has 0 aliphatic carbocycles. The summed E-state index contributed by atoms with van der Waals surface area (Å²) in [6.45, 7) is 4.00. The van der Waals surface area contributed by atoms with Gasteiger partial charge in [-0.2, -0.15) is 0 Å². The van der Waals surface area contributed by atoms with Crippen LogP contribution in [0.2, 0.25) is 0 Å². The first-order chi connectivity index (χ1) is 5.22. The van der Waals surface area contributed by atoms with E-state index >= 15 is 0 Å². The van der Waals surface area contributed by atoms with Crippen molar-refractivity contribution >= 4 is 21.9 Å². The smallest absolute Gasteiger partial charge is 0.340 e. The van der Waals surface area contributed by atoms with E-state index in [0.29, 0.717) is 0 Å². The lowest BCUT2D eigenvalue weighted by Crippen LogP contribution is -1.92. The zero-order valence-electron chi connectivity index (χ0n) is 6.30. The molecule has 0 aliphatic rings. The molecule has 11 heavy (non-hydrogen) atoms. The third-order valence-corrected chi connectivity index (χ3v) is 1.46. The van der Waals surface area contributed by atoms with Gasteiger partial charge >= 0.3 is 5.97 Å². The second-order valence-electron chi connectivity index (χ2n) is 1.41. The van der Waals surface area contributed by atoms with E-state index < -0.39 is 5.97 Å². The molecule has 0 fully saturated rings. The topological polar surface area (TPSA) is 50.4 Å². The zero-order valence-corrected chi connectivity index (χ0v) is 7.88. The number of carboxylic acids is 1. The van der Waals surface area contributed by atoms with Crippen LogP contribution < -0.4 is 0 Å². The van der Waals surface area contributed by atoms with Crippen LogP contribution >= 0.6 is 15.9 Å². The number of hydrogen-bond donors (Lipinski definition) is 1. The van der Waals surface area contributed by atoms with Crippen LogP contribution in [-0.4, -0.2) is 11.1 Å². The van der Waals surface area contributed by atoms with Gasteiger partial charge in [0, 0.05) is 0 Å². The molecular weight excluding hydrogens is 212 g/mol. The lowest BCUT2D eigenvalue weighted by Gasteiger charge is -1.83. The Morgan fingerprint density at radius 3 is 2.36 bits per heavy atom. The SMILES string of the molecule is CC.O=C(O)c1ccoc1Br. The number of carbonyl (C=O) groups is 1. The van der Waals surface area contributed by atoms with Crippen LogP contribution in [-0.2, 0) is 0 Å². The van der Waals surface area contributed by atoms with Crippen molar-refractivity contribution in [2.75, 3.05) is 0 Å². The van der Waals surface area contributed by atoms with Crippen molar-refractivity contribution in [2.45, 2.75) is 13.8 Å². The third kappa shape index (κ3) is 2.76. The minimum atomic E-state index is -0.990. The minimum Gasteiger partial charge on any atom is -0.478 e. The quantitative estimate of drug-likeness (QED) is 0.793. The number of aromatic carboxylic acids is 1. The molecule has 3 nitrogen and oxygen atoms in total. The second-order valence-corrected chi connectivity index (χ2v) is 2.13. The molecule has 0 aromatic carbocycles. The highest BCUT2D eigenvalue weighted by atomic mass is 79.9. The predicted octanol–water partition coefficient (Wildman–Crippen LogP) is 2.77. The molecule has 0 bridgehead atoms. The van der Waals surface area contributed by atoms with Crippen LogP contribution in [0.1, 0.15) is 24.2 Å². The summed E-state index contributed by atoms with van der Waals surface area (Å²) in [4.78, 5) is 10.2. The molecule has 1 aromatic heterocycles. The molecule has 62 valence electrons. The monoisotopic (exact) mass is 220 g/mol. The Kier molecular flexibility index (Phi) is 4.61. The Bertz CT molecular complexity index is 229. The number of rotatable bonds is 1. The molecule has 0 saturated carbocycles. The van der Waals surface area contributed by atoms with Crippen molar-refractivity contribution in [1.29, 1.82) is 0 Å². The van der Waals surface area contributed by atoms with Crippen molar-refractivity contribution < 1.29 is 14.3 Å². The lowest BCUT2D eigenvalue weighted by atomic mass is 10.4. The molecule has 1 N–H and O–H groups in total. The van der Waals surface area contributed by atoms with Crippen molar-refractivity contribution in [1.82, 2.24) is 0 Å². The van der Waals surface area contributed by atoms with Gasteiger partial charge in [-0.1, -0.05) is 13.8 Å². The van der Waals surface area contributed by atoms with Crippen molar-refractivity contribution in [3.05, 3.63) is 22.6 Å². The summed E-state index contributed by atoms with van der Waals surface area (Å²) in [7, 11) is 0. The van der Waals surface area contributed by atoms with E-state index in [4.69, 9.17) is 5.11 Å². The first kappa shape index (κ1) is 10.2. The van der Waals surface area contributed by atoms with Gasteiger partial charge in [0.1, 0.15) is 5.56 Å². The van der Waals surface area contributed by atoms with Crippen molar-refractivity contribution in [3.8, 4) is 0 Å². The highest BCUT2D eigenvalue weighted by Gasteiger charge is 2.08. The standard InChI is InChI=1S/C5H3BrO3.C2H6/c6-4-3(5(7)8)1-2-9-4;1-2/h1-2H,(H,7,8);1-2H3. The fourth-order valence-corrected chi connectivity index (χ4v) is 0.856. The molecule has 0 amide bonds. The van der Waals surface area contributed by atoms with E-state index in [0.717, 1.165) is 0 Å². The molecule has 0 spiro atoms. The van der Waals surface area contributed by atoms with Crippen molar-refractivity contribution in [3.63, 3.8) is 0 Å². The summed E-state index contributed by atoms with van der Waals surface area (Å²) >= 11 is 2.92. The number of hydrogen-bond acceptors (Lipinski definition) is 2. The molecule has 4 heteroatoms. The summed E-state index contributed by atoms with van der Waals surface area (Å²) in [6, 6.07) is 1.38. The largest absolute Gasteiger partial charge is 0.478 e. The Labute approximate surface area is 73.1 Å². The van der Waals surface area contributed by atoms with Gasteiger partial charge in [0.15, 0.2) is 4.67 Å². The van der Waals surface area contributed by atoms with Crippen molar-refractivity contribution in [2.24, 2.45) is 0 Å². The van der Waals surface area contributed by atoms with Crippen LogP contribution in [0.15, 0.2) is 21.4 Å². The summed E-state index contributed by atoms with van der Waals surface area (Å²) in [5.74, 6) is -0.990. The molecule has 1 heterocycles. The van der Waals surface area contributed by atoms with Crippen LogP contribution in [0.4, 0.5) is 0 Å². The molecule has 0 atom stereocenters. The molecule has 1 rings (SSSR count). The van der Waals surface area contributed by atoms with E-state index in [2.05, 4.69) is 20.3 Å². The molecule has 0 saturated heterocycles. The van der Waals surface area contributed by atoms with Gasteiger partial charge in [-0.15, -0.1) is 0 Å². The normalized spacial score (nSPS) is 8.27. The zero-order chi connectivity index (χ0) is 8.85. The van der Waals surface area contributed by atoms with Crippen LogP contribution in [0.3, 0.4) is 0 Å². The average Bonchev–Trinajstić information content (AvgIpc) is 2.39. The lowest BCUT2D eigenvalue weighted by molar-refractivity contribution is 0.0695. The molecule has 0 unspecified atom stereocenters. The molecular formula is C7H9BrO3. The van der Waals surface area contributed by atoms with Gasteiger partial charge in [-0.3, -0.25) is 0 Å². The van der Waals surface area contributed by atoms with E-state index in [9.17, 15) is 4.79 Å². The van der Waals surface area contributed by atoms with Gasteiger partial charge in [0.2, 0.25) is 0 Å². The molecule has 0 aliphatic heterocycles. The first-order valence-corrected chi connectivity index (χ1v) is 3.97. The average molecular weight is 221 g/mol. The number of furan rings is 1. The third-order valence-electron chi connectivity index (χ3n) is 0.848. The Balaban J connectivity index is 0.000000461. The maximum atomic E-state index is 10.2. The molecule has 1 aromatic rings. The van der Waals surface area contributed by atoms with E-state index in [1.165, 1.54) is 12.3 Å². The van der Waals surface area contributed by atoms with E-state index in [-0.39, 0.29) is 10.2 Å². The van der Waals surface area contributed by atoms with Crippen LogP contribution in [0, 0.1) is 0 Å². The van der Waals surface area contributed by atoms with Gasteiger partial charge < -0.3 is 9.52 Å². The van der Waals surface area contributed by atoms with Crippen LogP contribution in [0.25, 0.3) is 0 Å². The fourth-order valence-electron chi connectivity index (χ4n) is 0.446.